The van der Waals surface area contributed by atoms with E-state index < -0.39 is 5.97 Å². The van der Waals surface area contributed by atoms with Crippen LogP contribution in [0.2, 0.25) is 0 Å². The lowest BCUT2D eigenvalue weighted by Gasteiger charge is -2.18. The number of carbonyl (C=O) groups excluding carboxylic acids is 1. The lowest BCUT2D eigenvalue weighted by atomic mass is 10.1. The van der Waals surface area contributed by atoms with Crippen molar-refractivity contribution in [2.45, 2.75) is 19.6 Å². The number of para-hydroxylation sites is 1. The molecule has 178 valence electrons. The average molecular weight is 469 g/mol. The molecule has 0 fully saturated rings. The van der Waals surface area contributed by atoms with Crippen LogP contribution in [0, 0.1) is 0 Å². The summed E-state index contributed by atoms with van der Waals surface area (Å²) in [6.07, 6.45) is 5.23. The molecule has 0 atom stereocenters. The van der Waals surface area contributed by atoms with E-state index in [9.17, 15) is 9.59 Å². The first-order chi connectivity index (χ1) is 17.0. The van der Waals surface area contributed by atoms with Crippen molar-refractivity contribution in [2.24, 2.45) is 0 Å². The highest BCUT2D eigenvalue weighted by molar-refractivity contribution is 5.97. The van der Waals surface area contributed by atoms with Gasteiger partial charge in [0, 0.05) is 36.8 Å². The molecule has 1 heterocycles. The summed E-state index contributed by atoms with van der Waals surface area (Å²) in [5.74, 6) is -0.426. The summed E-state index contributed by atoms with van der Waals surface area (Å²) < 4.78 is 7.99. The minimum Gasteiger partial charge on any atom is -0.487 e. The number of amides is 1. The Morgan fingerprint density at radius 2 is 1.63 bits per heavy atom. The van der Waals surface area contributed by atoms with E-state index in [1.54, 1.807) is 18.0 Å². The number of hydrogen-bond acceptors (Lipinski definition) is 3. The number of aromatic nitrogens is 1. The lowest BCUT2D eigenvalue weighted by Crippen LogP contribution is -2.31. The monoisotopic (exact) mass is 468 g/mol. The van der Waals surface area contributed by atoms with E-state index in [4.69, 9.17) is 9.84 Å². The van der Waals surface area contributed by atoms with Crippen molar-refractivity contribution in [3.63, 3.8) is 0 Å². The Morgan fingerprint density at radius 3 is 2.31 bits per heavy atom. The Bertz CT molecular complexity index is 1330. The van der Waals surface area contributed by atoms with Crippen LogP contribution in [0.15, 0.2) is 91.1 Å². The minimum absolute atomic E-state index is 0.0375. The van der Waals surface area contributed by atoms with Gasteiger partial charge in [0.05, 0.1) is 5.52 Å². The fraction of sp³-hybridized carbons (Fsp3) is 0.172. The van der Waals surface area contributed by atoms with E-state index >= 15 is 0 Å². The number of hydrogen-bond donors (Lipinski definition) is 1. The van der Waals surface area contributed by atoms with Gasteiger partial charge >= 0.3 is 5.97 Å². The Hall–Kier alpha value is -4.32. The van der Waals surface area contributed by atoms with Gasteiger partial charge in [-0.2, -0.15) is 0 Å². The van der Waals surface area contributed by atoms with Crippen LogP contribution in [0.25, 0.3) is 17.0 Å². The molecule has 35 heavy (non-hydrogen) atoms. The number of rotatable bonds is 10. The maximum Gasteiger partial charge on any atom is 0.328 e. The third kappa shape index (κ3) is 6.18. The normalized spacial score (nSPS) is 11.1. The minimum atomic E-state index is -1.03. The summed E-state index contributed by atoms with van der Waals surface area (Å²) in [6.45, 7) is 1.11. The third-order valence-corrected chi connectivity index (χ3v) is 5.84. The molecule has 3 aromatic carbocycles. The quantitative estimate of drug-likeness (QED) is 0.332. The van der Waals surface area contributed by atoms with Crippen LogP contribution >= 0.6 is 0 Å². The first-order valence-electron chi connectivity index (χ1n) is 11.5. The van der Waals surface area contributed by atoms with Gasteiger partial charge in [-0.15, -0.1) is 0 Å². The zero-order chi connectivity index (χ0) is 24.6. The summed E-state index contributed by atoms with van der Waals surface area (Å²) >= 11 is 0. The predicted octanol–water partition coefficient (Wildman–Crippen LogP) is 5.02. The number of carboxylic acid groups (broad SMARTS) is 1. The molecule has 0 aliphatic rings. The number of aliphatic carboxylic acids is 1. The van der Waals surface area contributed by atoms with Crippen LogP contribution in [0.5, 0.6) is 5.75 Å². The van der Waals surface area contributed by atoms with Gasteiger partial charge < -0.3 is 19.3 Å². The Morgan fingerprint density at radius 1 is 0.943 bits per heavy atom. The summed E-state index contributed by atoms with van der Waals surface area (Å²) in [6, 6.07) is 25.6. The number of likely N-dealkylation sites (N-methyl/N-ethyl adjacent to an activating group) is 1. The second kappa shape index (κ2) is 11.2. The first-order valence-corrected chi connectivity index (χ1v) is 11.5. The largest absolute Gasteiger partial charge is 0.487 e. The van der Waals surface area contributed by atoms with Gasteiger partial charge in [0.2, 0.25) is 5.91 Å². The van der Waals surface area contributed by atoms with E-state index in [1.807, 2.05) is 77.5 Å². The number of carbonyl (C=O) groups is 2. The predicted molar refractivity (Wildman–Crippen MR) is 137 cm³/mol. The number of fused-ring (bicyclic) bond motifs is 1. The van der Waals surface area contributed by atoms with Gasteiger partial charge in [0.15, 0.2) is 0 Å². The van der Waals surface area contributed by atoms with Crippen molar-refractivity contribution in [3.8, 4) is 5.75 Å². The third-order valence-electron chi connectivity index (χ3n) is 5.84. The summed E-state index contributed by atoms with van der Waals surface area (Å²) in [5.41, 5.74) is 3.69. The second-order valence-electron chi connectivity index (χ2n) is 8.36. The van der Waals surface area contributed by atoms with Gasteiger partial charge in [-0.25, -0.2) is 4.79 Å². The molecular weight excluding hydrogens is 440 g/mol. The van der Waals surface area contributed by atoms with E-state index in [0.29, 0.717) is 24.5 Å². The number of nitrogens with zero attached hydrogens (tertiary/aromatic N) is 2. The standard InChI is InChI=1S/C29H28N2O4/c1-30(18-17-22-9-4-2-5-10-22)27(32)20-31-19-24(15-16-28(33)34)25-13-8-14-26(29(25)31)35-21-23-11-6-3-7-12-23/h2-16,19H,17-18,20-21H2,1H3,(H,33,34). The second-order valence-corrected chi connectivity index (χ2v) is 8.36. The number of benzene rings is 3. The van der Waals surface area contributed by atoms with E-state index in [1.165, 1.54) is 5.56 Å². The molecule has 6 heteroatoms. The van der Waals surface area contributed by atoms with Gasteiger partial charge in [-0.05, 0) is 29.7 Å². The van der Waals surface area contributed by atoms with E-state index in [2.05, 4.69) is 12.1 Å². The number of ether oxygens (including phenoxy) is 1. The summed E-state index contributed by atoms with van der Waals surface area (Å²) in [4.78, 5) is 25.9. The maximum absolute atomic E-state index is 13.1. The zero-order valence-electron chi connectivity index (χ0n) is 19.6. The molecule has 4 aromatic rings. The molecule has 4 rings (SSSR count). The Kier molecular flexibility index (Phi) is 7.63. The fourth-order valence-electron chi connectivity index (χ4n) is 3.96. The molecule has 1 aromatic heterocycles. The van der Waals surface area contributed by atoms with Crippen molar-refractivity contribution < 1.29 is 19.4 Å². The van der Waals surface area contributed by atoms with Crippen molar-refractivity contribution in [2.75, 3.05) is 13.6 Å². The summed E-state index contributed by atoms with van der Waals surface area (Å²) in [5, 5.41) is 9.94. The molecule has 1 amide bonds. The molecular formula is C29H28N2O4. The van der Waals surface area contributed by atoms with Crippen LogP contribution in [-0.2, 0) is 29.2 Å². The fourth-order valence-corrected chi connectivity index (χ4v) is 3.96. The van der Waals surface area contributed by atoms with Crippen molar-refractivity contribution >= 4 is 28.9 Å². The van der Waals surface area contributed by atoms with Gasteiger partial charge in [0.1, 0.15) is 18.9 Å². The smallest absolute Gasteiger partial charge is 0.328 e. The van der Waals surface area contributed by atoms with Gasteiger partial charge in [-0.1, -0.05) is 72.8 Å². The lowest BCUT2D eigenvalue weighted by molar-refractivity contribution is -0.131. The Labute approximate surface area is 204 Å². The highest BCUT2D eigenvalue weighted by atomic mass is 16.5. The van der Waals surface area contributed by atoms with E-state index in [0.717, 1.165) is 29.0 Å². The van der Waals surface area contributed by atoms with E-state index in [-0.39, 0.29) is 12.5 Å². The molecule has 6 nitrogen and oxygen atoms in total. The SMILES string of the molecule is CN(CCc1ccccc1)C(=O)Cn1cc(C=CC(=O)O)c2cccc(OCc3ccccc3)c21. The number of carboxylic acids is 1. The summed E-state index contributed by atoms with van der Waals surface area (Å²) in [7, 11) is 1.80. The topological polar surface area (TPSA) is 71.8 Å². The molecule has 0 bridgehead atoms. The molecule has 1 N–H and O–H groups in total. The Balaban J connectivity index is 1.59. The van der Waals surface area contributed by atoms with Crippen molar-refractivity contribution in [1.82, 2.24) is 9.47 Å². The molecule has 0 radical (unpaired) electrons. The van der Waals surface area contributed by atoms with Gasteiger partial charge in [-0.3, -0.25) is 4.79 Å². The zero-order valence-corrected chi connectivity index (χ0v) is 19.6. The molecule has 0 saturated carbocycles. The first kappa shape index (κ1) is 23.8. The molecule has 0 spiro atoms. The molecule has 0 aliphatic carbocycles. The maximum atomic E-state index is 13.1. The van der Waals surface area contributed by atoms with Crippen LogP contribution in [0.1, 0.15) is 16.7 Å². The van der Waals surface area contributed by atoms with Crippen LogP contribution in [-0.4, -0.2) is 40.0 Å². The van der Waals surface area contributed by atoms with Crippen LogP contribution < -0.4 is 4.74 Å². The highest BCUT2D eigenvalue weighted by Crippen LogP contribution is 2.31. The van der Waals surface area contributed by atoms with Crippen molar-refractivity contribution in [3.05, 3.63) is 108 Å². The molecule has 0 saturated heterocycles. The van der Waals surface area contributed by atoms with Crippen LogP contribution in [0.3, 0.4) is 0 Å². The highest BCUT2D eigenvalue weighted by Gasteiger charge is 2.17. The molecule has 0 aliphatic heterocycles. The average Bonchev–Trinajstić information content (AvgIpc) is 3.23. The molecule has 0 unspecified atom stereocenters. The van der Waals surface area contributed by atoms with Gasteiger partial charge in [0.25, 0.3) is 0 Å². The van der Waals surface area contributed by atoms with Crippen LogP contribution in [0.4, 0.5) is 0 Å². The van der Waals surface area contributed by atoms with Crippen molar-refractivity contribution in [1.29, 1.82) is 0 Å².